The van der Waals surface area contributed by atoms with E-state index in [9.17, 15) is 15.0 Å². The number of hydrogen-bond acceptors (Lipinski definition) is 6. The number of aromatic nitrogens is 1. The molecule has 0 aliphatic rings. The van der Waals surface area contributed by atoms with Crippen LogP contribution in [0.3, 0.4) is 0 Å². The second kappa shape index (κ2) is 5.17. The predicted octanol–water partition coefficient (Wildman–Crippen LogP) is -1.09. The molecule has 0 saturated carbocycles. The minimum atomic E-state index is -1.26. The van der Waals surface area contributed by atoms with Gasteiger partial charge in [-0.3, -0.25) is 4.79 Å². The smallest absolute Gasteiger partial charge is 0.220 e. The third-order valence-corrected chi connectivity index (χ3v) is 2.81. The first-order valence-electron chi connectivity index (χ1n) is 4.24. The molecule has 0 saturated heterocycles. The molecule has 1 aromatic heterocycles. The molecule has 6 nitrogen and oxygen atoms in total. The molecule has 1 aromatic rings. The van der Waals surface area contributed by atoms with Crippen LogP contribution in [0, 0.1) is 0 Å². The highest BCUT2D eigenvalue weighted by Crippen LogP contribution is 2.23. The molecular weight excluding hydrogens is 220 g/mol. The van der Waals surface area contributed by atoms with Gasteiger partial charge in [0.1, 0.15) is 11.1 Å². The highest BCUT2D eigenvalue weighted by Gasteiger charge is 2.23. The van der Waals surface area contributed by atoms with Crippen LogP contribution in [0.15, 0.2) is 6.20 Å². The van der Waals surface area contributed by atoms with Crippen LogP contribution in [0.1, 0.15) is 22.4 Å². The van der Waals surface area contributed by atoms with E-state index in [1.54, 1.807) is 0 Å². The highest BCUT2D eigenvalue weighted by molar-refractivity contribution is 7.11. The summed E-state index contributed by atoms with van der Waals surface area (Å²) in [6, 6.07) is 0. The van der Waals surface area contributed by atoms with Gasteiger partial charge in [0.2, 0.25) is 5.91 Å². The molecule has 0 aromatic carbocycles. The van der Waals surface area contributed by atoms with Crippen molar-refractivity contribution in [2.75, 3.05) is 0 Å². The molecule has 84 valence electrons. The van der Waals surface area contributed by atoms with E-state index in [0.717, 1.165) is 11.3 Å². The number of nitrogens with zero attached hydrogens (tertiary/aromatic N) is 1. The molecule has 0 aliphatic carbocycles. The van der Waals surface area contributed by atoms with Crippen molar-refractivity contribution in [3.05, 3.63) is 16.1 Å². The van der Waals surface area contributed by atoms with Crippen molar-refractivity contribution in [2.24, 2.45) is 5.73 Å². The topological polar surface area (TPSA) is 117 Å². The zero-order chi connectivity index (χ0) is 11.4. The van der Waals surface area contributed by atoms with E-state index in [0.29, 0.717) is 4.88 Å². The zero-order valence-electron chi connectivity index (χ0n) is 7.83. The van der Waals surface area contributed by atoms with E-state index in [1.165, 1.54) is 6.20 Å². The fraction of sp³-hybridized carbons (Fsp3) is 0.500. The van der Waals surface area contributed by atoms with Crippen molar-refractivity contribution in [1.82, 2.24) is 4.98 Å². The first kappa shape index (κ1) is 12.1. The summed E-state index contributed by atoms with van der Waals surface area (Å²) in [4.78, 5) is 14.9. The van der Waals surface area contributed by atoms with Crippen LogP contribution in [-0.4, -0.2) is 32.3 Å². The van der Waals surface area contributed by atoms with Crippen molar-refractivity contribution in [2.45, 2.75) is 25.2 Å². The van der Waals surface area contributed by atoms with Crippen molar-refractivity contribution in [3.8, 4) is 0 Å². The Bertz CT molecular complexity index is 341. The lowest BCUT2D eigenvalue weighted by atomic mass is 10.1. The predicted molar refractivity (Wildman–Crippen MR) is 52.8 cm³/mol. The van der Waals surface area contributed by atoms with E-state index in [1.807, 2.05) is 0 Å². The minimum Gasteiger partial charge on any atom is -0.391 e. The third kappa shape index (κ3) is 3.24. The van der Waals surface area contributed by atoms with Crippen molar-refractivity contribution in [1.29, 1.82) is 0 Å². The number of carbonyl (C=O) groups is 1. The van der Waals surface area contributed by atoms with Crippen LogP contribution < -0.4 is 5.73 Å². The quantitative estimate of drug-likeness (QED) is 0.514. The Balaban J connectivity index is 2.66. The lowest BCUT2D eigenvalue weighted by Gasteiger charge is -2.13. The van der Waals surface area contributed by atoms with E-state index < -0.39 is 18.1 Å². The van der Waals surface area contributed by atoms with E-state index in [4.69, 9.17) is 10.8 Å². The van der Waals surface area contributed by atoms with E-state index in [2.05, 4.69) is 4.98 Å². The Hall–Kier alpha value is -1.02. The molecule has 5 N–H and O–H groups in total. The van der Waals surface area contributed by atoms with Gasteiger partial charge >= 0.3 is 0 Å². The molecule has 15 heavy (non-hydrogen) atoms. The summed E-state index contributed by atoms with van der Waals surface area (Å²) in [6.45, 7) is -0.170. The van der Waals surface area contributed by atoms with Crippen molar-refractivity contribution < 1.29 is 20.1 Å². The Morgan fingerprint density at radius 3 is 2.73 bits per heavy atom. The van der Waals surface area contributed by atoms with Crippen LogP contribution in [0.2, 0.25) is 0 Å². The Morgan fingerprint density at radius 2 is 2.27 bits per heavy atom. The molecule has 0 bridgehead atoms. The average molecular weight is 232 g/mol. The number of aliphatic hydroxyl groups is 3. The van der Waals surface area contributed by atoms with E-state index in [-0.39, 0.29) is 18.0 Å². The number of nitrogens with two attached hydrogens (primary N) is 1. The maximum absolute atomic E-state index is 10.5. The number of amides is 1. The number of primary amides is 1. The first-order valence-corrected chi connectivity index (χ1v) is 5.06. The zero-order valence-corrected chi connectivity index (χ0v) is 8.65. The summed E-state index contributed by atoms with van der Waals surface area (Å²) in [5.41, 5.74) is 4.87. The van der Waals surface area contributed by atoms with Gasteiger partial charge in [-0.15, -0.1) is 11.3 Å². The summed E-state index contributed by atoms with van der Waals surface area (Å²) in [7, 11) is 0. The lowest BCUT2D eigenvalue weighted by molar-refractivity contribution is -0.121. The molecule has 2 unspecified atom stereocenters. The monoisotopic (exact) mass is 232 g/mol. The molecule has 1 amide bonds. The number of rotatable bonds is 5. The summed E-state index contributed by atoms with van der Waals surface area (Å²) < 4.78 is 0. The maximum Gasteiger partial charge on any atom is 0.220 e. The number of carbonyl (C=O) groups excluding carboxylic acids is 1. The molecule has 7 heteroatoms. The lowest BCUT2D eigenvalue weighted by Crippen LogP contribution is -2.25. The van der Waals surface area contributed by atoms with Gasteiger partial charge in [-0.1, -0.05) is 0 Å². The molecule has 0 aliphatic heterocycles. The van der Waals surface area contributed by atoms with Crippen LogP contribution in [-0.2, 0) is 11.4 Å². The number of hydrogen-bond donors (Lipinski definition) is 4. The van der Waals surface area contributed by atoms with Gasteiger partial charge in [-0.2, -0.15) is 0 Å². The van der Waals surface area contributed by atoms with Gasteiger partial charge < -0.3 is 21.1 Å². The third-order valence-electron chi connectivity index (χ3n) is 1.76. The molecule has 0 fully saturated rings. The van der Waals surface area contributed by atoms with Gasteiger partial charge in [0.05, 0.1) is 24.0 Å². The van der Waals surface area contributed by atoms with Crippen molar-refractivity contribution >= 4 is 17.2 Å². The van der Waals surface area contributed by atoms with Gasteiger partial charge in [0.15, 0.2) is 0 Å². The normalized spacial score (nSPS) is 14.9. The minimum absolute atomic E-state index is 0.170. The maximum atomic E-state index is 10.5. The molecule has 1 heterocycles. The van der Waals surface area contributed by atoms with Crippen LogP contribution in [0.5, 0.6) is 0 Å². The second-order valence-corrected chi connectivity index (χ2v) is 4.15. The highest BCUT2D eigenvalue weighted by atomic mass is 32.1. The summed E-state index contributed by atoms with van der Waals surface area (Å²) in [6.07, 6.45) is -1.43. The number of thiazole rings is 1. The van der Waals surface area contributed by atoms with E-state index >= 15 is 0 Å². The summed E-state index contributed by atoms with van der Waals surface area (Å²) >= 11 is 1.07. The van der Waals surface area contributed by atoms with Crippen molar-refractivity contribution in [3.63, 3.8) is 0 Å². The molecule has 0 spiro atoms. The molecule has 0 radical (unpaired) electrons. The van der Waals surface area contributed by atoms with Gasteiger partial charge in [0.25, 0.3) is 0 Å². The summed E-state index contributed by atoms with van der Waals surface area (Å²) in [5, 5.41) is 28.0. The fourth-order valence-electron chi connectivity index (χ4n) is 1.01. The fourth-order valence-corrected chi connectivity index (χ4v) is 1.84. The standard InChI is InChI=1S/C8H12N2O4S/c9-6(13)1-5(12)7(14)8-10-2-4(3-11)15-8/h2,5,7,11-12,14H,1,3H2,(H2,9,13). The molecule has 2 atom stereocenters. The largest absolute Gasteiger partial charge is 0.391 e. The Kier molecular flexibility index (Phi) is 4.15. The first-order chi connectivity index (χ1) is 7.04. The molecule has 1 rings (SSSR count). The van der Waals surface area contributed by atoms with Gasteiger partial charge in [0, 0.05) is 6.20 Å². The number of aliphatic hydroxyl groups excluding tert-OH is 3. The molecular formula is C8H12N2O4S. The van der Waals surface area contributed by atoms with Gasteiger partial charge in [-0.25, -0.2) is 4.98 Å². The Morgan fingerprint density at radius 1 is 1.60 bits per heavy atom. The van der Waals surface area contributed by atoms with Crippen LogP contribution in [0.25, 0.3) is 0 Å². The SMILES string of the molecule is NC(=O)CC(O)C(O)c1ncc(CO)s1. The van der Waals surface area contributed by atoms with Crippen LogP contribution >= 0.6 is 11.3 Å². The van der Waals surface area contributed by atoms with Gasteiger partial charge in [-0.05, 0) is 0 Å². The Labute approximate surface area is 90.0 Å². The summed E-state index contributed by atoms with van der Waals surface area (Å²) in [5.74, 6) is -0.694. The van der Waals surface area contributed by atoms with Crippen LogP contribution in [0.4, 0.5) is 0 Å². The second-order valence-electron chi connectivity index (χ2n) is 3.01. The average Bonchev–Trinajstić information content (AvgIpc) is 2.63.